The summed E-state index contributed by atoms with van der Waals surface area (Å²) in [6, 6.07) is 8.54. The van der Waals surface area contributed by atoms with Crippen molar-refractivity contribution in [2.45, 2.75) is 25.3 Å². The van der Waals surface area contributed by atoms with Gasteiger partial charge in [-0.3, -0.25) is 0 Å². The van der Waals surface area contributed by atoms with Crippen LogP contribution in [0.1, 0.15) is 17.5 Å². The van der Waals surface area contributed by atoms with Crippen LogP contribution >= 0.6 is 0 Å². The van der Waals surface area contributed by atoms with Gasteiger partial charge in [0.25, 0.3) is 0 Å². The van der Waals surface area contributed by atoms with Crippen molar-refractivity contribution in [1.82, 2.24) is 9.97 Å². The number of aromatic nitrogens is 2. The van der Waals surface area contributed by atoms with Gasteiger partial charge >= 0.3 is 12.5 Å². The van der Waals surface area contributed by atoms with E-state index < -0.39 is 69.7 Å². The van der Waals surface area contributed by atoms with Gasteiger partial charge in [0.15, 0.2) is 17.4 Å². The van der Waals surface area contributed by atoms with Crippen molar-refractivity contribution in [1.29, 1.82) is 0 Å². The SMILES string of the molecule is C=CCCc1cnc(-c2ccc(-c3cc(F)c(C(F)(F)Oc4ccc(-c5ccc(OC(F)(F)F)c(F)c5)c(F)c4)c(F)c3)c(F)c2)nc1. The lowest BCUT2D eigenvalue weighted by atomic mass is 10.00. The van der Waals surface area contributed by atoms with Crippen molar-refractivity contribution in [3.63, 3.8) is 0 Å². The van der Waals surface area contributed by atoms with Crippen LogP contribution in [0, 0.1) is 29.1 Å². The number of alkyl halides is 5. The molecule has 0 amide bonds. The summed E-state index contributed by atoms with van der Waals surface area (Å²) in [6.45, 7) is 3.63. The van der Waals surface area contributed by atoms with E-state index in [1.54, 1.807) is 18.5 Å². The predicted octanol–water partition coefficient (Wildman–Crippen LogP) is 10.3. The molecular weight excluding hydrogens is 658 g/mol. The van der Waals surface area contributed by atoms with Crippen LogP contribution in [0.25, 0.3) is 33.6 Å². The zero-order chi connectivity index (χ0) is 34.8. The zero-order valence-corrected chi connectivity index (χ0v) is 24.2. The molecule has 0 bridgehead atoms. The van der Waals surface area contributed by atoms with E-state index in [9.17, 15) is 30.7 Å². The summed E-state index contributed by atoms with van der Waals surface area (Å²) >= 11 is 0. The lowest BCUT2D eigenvalue weighted by molar-refractivity contribution is -0.275. The van der Waals surface area contributed by atoms with E-state index >= 15 is 13.2 Å². The summed E-state index contributed by atoms with van der Waals surface area (Å²) in [5.74, 6) is -9.22. The van der Waals surface area contributed by atoms with Crippen molar-refractivity contribution in [2.24, 2.45) is 0 Å². The molecule has 0 aliphatic carbocycles. The minimum atomic E-state index is -5.19. The summed E-state index contributed by atoms with van der Waals surface area (Å²) in [7, 11) is 0. The van der Waals surface area contributed by atoms with E-state index in [0.717, 1.165) is 29.8 Å². The predicted molar refractivity (Wildman–Crippen MR) is 154 cm³/mol. The fourth-order valence-electron chi connectivity index (χ4n) is 4.66. The maximum atomic E-state index is 15.1. The highest BCUT2D eigenvalue weighted by atomic mass is 19.4. The minimum Gasteiger partial charge on any atom is -0.429 e. The van der Waals surface area contributed by atoms with Gasteiger partial charge in [-0.1, -0.05) is 24.3 Å². The maximum Gasteiger partial charge on any atom is 0.573 e. The molecular formula is C34H20F10N2O2. The van der Waals surface area contributed by atoms with Gasteiger partial charge in [0.2, 0.25) is 0 Å². The Morgan fingerprint density at radius 1 is 0.625 bits per heavy atom. The van der Waals surface area contributed by atoms with Gasteiger partial charge < -0.3 is 9.47 Å². The van der Waals surface area contributed by atoms with Gasteiger partial charge in [-0.15, -0.1) is 19.8 Å². The van der Waals surface area contributed by atoms with Gasteiger partial charge in [-0.05, 0) is 72.0 Å². The lowest BCUT2D eigenvalue weighted by Gasteiger charge is -2.20. The summed E-state index contributed by atoms with van der Waals surface area (Å²) < 4.78 is 149. The highest BCUT2D eigenvalue weighted by molar-refractivity contribution is 5.69. The Bertz CT molecular complexity index is 1960. The average molecular weight is 679 g/mol. The molecule has 0 aliphatic rings. The normalized spacial score (nSPS) is 11.8. The maximum absolute atomic E-state index is 15.1. The van der Waals surface area contributed by atoms with Crippen LogP contribution in [0.15, 0.2) is 91.8 Å². The second kappa shape index (κ2) is 13.4. The highest BCUT2D eigenvalue weighted by Gasteiger charge is 2.41. The number of hydrogen-bond acceptors (Lipinski definition) is 4. The number of allylic oxidation sites excluding steroid dienone is 1. The quantitative estimate of drug-likeness (QED) is 0.109. The van der Waals surface area contributed by atoms with Gasteiger partial charge in [0.05, 0.1) is 0 Å². The largest absolute Gasteiger partial charge is 0.573 e. The van der Waals surface area contributed by atoms with E-state index in [4.69, 9.17) is 0 Å². The number of benzene rings is 4. The Morgan fingerprint density at radius 2 is 1.19 bits per heavy atom. The van der Waals surface area contributed by atoms with Crippen LogP contribution in [-0.4, -0.2) is 16.3 Å². The molecule has 4 nitrogen and oxygen atoms in total. The first kappa shape index (κ1) is 33.9. The molecule has 4 aromatic carbocycles. The third-order valence-corrected chi connectivity index (χ3v) is 6.87. The molecule has 248 valence electrons. The summed E-state index contributed by atoms with van der Waals surface area (Å²) in [6.07, 6.45) is -3.68. The average Bonchev–Trinajstić information content (AvgIpc) is 3.00. The molecule has 5 aromatic rings. The second-order valence-electron chi connectivity index (χ2n) is 10.2. The van der Waals surface area contributed by atoms with Crippen LogP contribution in [-0.2, 0) is 12.5 Å². The van der Waals surface area contributed by atoms with E-state index in [1.807, 2.05) is 0 Å². The number of nitrogens with zero attached hydrogens (tertiary/aromatic N) is 2. The standard InChI is InChI=1S/C34H20F10N2O2/c1-2-3-4-18-16-45-32(46-17-18)20-5-8-24(25(35)12-20)21-13-28(38)31(29(39)14-21)33(40,41)47-22-7-9-23(26(36)15-22)19-6-10-30(27(37)11-19)48-34(42,43)44/h2,5-17H,1,3-4H2. The smallest absolute Gasteiger partial charge is 0.429 e. The number of halogens is 10. The third kappa shape index (κ3) is 7.59. The van der Waals surface area contributed by atoms with Gasteiger partial charge in [0.1, 0.15) is 34.6 Å². The molecule has 0 unspecified atom stereocenters. The fourth-order valence-corrected chi connectivity index (χ4v) is 4.66. The molecule has 0 N–H and O–H groups in total. The summed E-state index contributed by atoms with van der Waals surface area (Å²) in [5, 5.41) is 0. The zero-order valence-electron chi connectivity index (χ0n) is 24.2. The molecule has 0 aliphatic heterocycles. The molecule has 0 saturated heterocycles. The number of ether oxygens (including phenoxy) is 2. The van der Waals surface area contributed by atoms with Gasteiger partial charge in [0, 0.05) is 35.2 Å². The van der Waals surface area contributed by atoms with E-state index in [2.05, 4.69) is 26.0 Å². The molecule has 48 heavy (non-hydrogen) atoms. The third-order valence-electron chi connectivity index (χ3n) is 6.87. The van der Waals surface area contributed by atoms with Crippen LogP contribution in [0.3, 0.4) is 0 Å². The first-order valence-electron chi connectivity index (χ1n) is 13.8. The first-order chi connectivity index (χ1) is 22.6. The summed E-state index contributed by atoms with van der Waals surface area (Å²) in [5.41, 5.74) is -2.21. The molecule has 0 atom stereocenters. The molecule has 0 radical (unpaired) electrons. The van der Waals surface area contributed by atoms with Gasteiger partial charge in [-0.25, -0.2) is 31.9 Å². The first-order valence-corrected chi connectivity index (χ1v) is 13.8. The van der Waals surface area contributed by atoms with Crippen LogP contribution in [0.5, 0.6) is 11.5 Å². The highest BCUT2D eigenvalue weighted by Crippen LogP contribution is 2.39. The molecule has 1 heterocycles. The van der Waals surface area contributed by atoms with Crippen LogP contribution in [0.2, 0.25) is 0 Å². The fraction of sp³-hybridized carbons (Fsp3) is 0.118. The topological polar surface area (TPSA) is 44.2 Å². The Hall–Kier alpha value is -5.40. The Labute approximate surface area is 265 Å². The number of aryl methyl sites for hydroxylation is 1. The van der Waals surface area contributed by atoms with Gasteiger partial charge in [-0.2, -0.15) is 8.78 Å². The number of rotatable bonds is 10. The molecule has 0 fully saturated rings. The number of hydrogen-bond donors (Lipinski definition) is 0. The molecule has 14 heteroatoms. The molecule has 0 saturated carbocycles. The van der Waals surface area contributed by atoms with E-state index in [-0.39, 0.29) is 22.5 Å². The molecule has 5 rings (SSSR count). The lowest BCUT2D eigenvalue weighted by Crippen LogP contribution is -2.25. The van der Waals surface area contributed by atoms with E-state index in [1.165, 1.54) is 12.1 Å². The Kier molecular flexibility index (Phi) is 9.46. The van der Waals surface area contributed by atoms with Crippen molar-refractivity contribution in [3.05, 3.63) is 132 Å². The molecule has 0 spiro atoms. The van der Waals surface area contributed by atoms with Crippen LogP contribution < -0.4 is 9.47 Å². The Balaban J connectivity index is 1.35. The second-order valence-corrected chi connectivity index (χ2v) is 10.2. The minimum absolute atomic E-state index is 0.178. The monoisotopic (exact) mass is 678 g/mol. The van der Waals surface area contributed by atoms with Crippen LogP contribution in [0.4, 0.5) is 43.9 Å². The van der Waals surface area contributed by atoms with Crippen molar-refractivity contribution in [3.8, 4) is 45.1 Å². The van der Waals surface area contributed by atoms with Crippen molar-refractivity contribution >= 4 is 0 Å². The Morgan fingerprint density at radius 3 is 1.77 bits per heavy atom. The van der Waals surface area contributed by atoms with E-state index in [0.29, 0.717) is 43.2 Å². The summed E-state index contributed by atoms with van der Waals surface area (Å²) in [4.78, 5) is 8.37. The molecule has 1 aromatic heterocycles. The van der Waals surface area contributed by atoms with Crippen molar-refractivity contribution in [2.75, 3.05) is 0 Å². The van der Waals surface area contributed by atoms with Crippen molar-refractivity contribution < 1.29 is 53.4 Å².